The second kappa shape index (κ2) is 23.4. The van der Waals surface area contributed by atoms with Gasteiger partial charge in [-0.05, 0) is 99.9 Å². The second-order valence-corrected chi connectivity index (χ2v) is 13.8. The number of unbranched alkanes of at least 4 members (excludes halogenated alkanes) is 4. The molecule has 6 aromatic rings. The lowest BCUT2D eigenvalue weighted by Gasteiger charge is -2.10. The molecule has 0 saturated heterocycles. The van der Waals surface area contributed by atoms with Crippen molar-refractivity contribution in [1.82, 2.24) is 29.1 Å². The molecule has 0 atom stereocenters. The fraction of sp³-hybridized carbons (Fsp3) is 0.409. The molecule has 4 heterocycles. The van der Waals surface area contributed by atoms with Gasteiger partial charge in [-0.2, -0.15) is 0 Å². The SMILES string of the molecule is COCCCn1c(-c2cccnc2)nc2ccc(OCCCCCC(=O)O)cc21.COCCCn1c(-c2ccncc2)nc2ccc(OCCCCCC(=O)O)cc21. The number of aliphatic carboxylic acids is 2. The molecule has 14 nitrogen and oxygen atoms in total. The van der Waals surface area contributed by atoms with E-state index in [4.69, 9.17) is 39.1 Å². The third-order valence-electron chi connectivity index (χ3n) is 9.37. The Morgan fingerprint density at radius 1 is 0.569 bits per heavy atom. The molecule has 0 aliphatic rings. The Labute approximate surface area is 338 Å². The molecule has 4 aromatic heterocycles. The van der Waals surface area contributed by atoms with E-state index in [1.165, 1.54) is 0 Å². The Hall–Kier alpha value is -5.86. The van der Waals surface area contributed by atoms with Crippen LogP contribution >= 0.6 is 0 Å². The molecular formula is C44H54N6O8. The van der Waals surface area contributed by atoms with Crippen molar-refractivity contribution in [3.05, 3.63) is 85.5 Å². The summed E-state index contributed by atoms with van der Waals surface area (Å²) in [5, 5.41) is 17.4. The number of carboxylic acids is 2. The summed E-state index contributed by atoms with van der Waals surface area (Å²) >= 11 is 0. The molecule has 0 aliphatic heterocycles. The molecule has 0 radical (unpaired) electrons. The predicted octanol–water partition coefficient (Wildman–Crippen LogP) is 8.32. The number of benzene rings is 2. The van der Waals surface area contributed by atoms with Crippen LogP contribution in [0.2, 0.25) is 0 Å². The molecule has 0 bridgehead atoms. The van der Waals surface area contributed by atoms with Crippen LogP contribution in [0, 0.1) is 0 Å². The molecule has 2 aromatic carbocycles. The maximum absolute atomic E-state index is 10.6. The van der Waals surface area contributed by atoms with Crippen molar-refractivity contribution in [2.75, 3.05) is 40.6 Å². The molecule has 6 rings (SSSR count). The number of rotatable bonds is 24. The van der Waals surface area contributed by atoms with Crippen LogP contribution in [-0.4, -0.2) is 91.9 Å². The highest BCUT2D eigenvalue weighted by Crippen LogP contribution is 2.29. The van der Waals surface area contributed by atoms with E-state index in [1.807, 2.05) is 66.9 Å². The Kier molecular flexibility index (Phi) is 17.4. The van der Waals surface area contributed by atoms with Gasteiger partial charge in [0.1, 0.15) is 23.1 Å². The average molecular weight is 795 g/mol. The van der Waals surface area contributed by atoms with Gasteiger partial charge in [0, 0.05) is 101 Å². The lowest BCUT2D eigenvalue weighted by Crippen LogP contribution is -2.04. The van der Waals surface area contributed by atoms with E-state index < -0.39 is 11.9 Å². The Balaban J connectivity index is 0.000000221. The van der Waals surface area contributed by atoms with Gasteiger partial charge in [-0.15, -0.1) is 0 Å². The van der Waals surface area contributed by atoms with Crippen molar-refractivity contribution in [2.45, 2.75) is 77.3 Å². The first-order valence-electron chi connectivity index (χ1n) is 19.9. The topological polar surface area (TPSA) is 173 Å². The van der Waals surface area contributed by atoms with E-state index in [0.29, 0.717) is 39.3 Å². The summed E-state index contributed by atoms with van der Waals surface area (Å²) in [5.41, 5.74) is 5.87. The summed E-state index contributed by atoms with van der Waals surface area (Å²) in [5.74, 6) is 1.89. The summed E-state index contributed by atoms with van der Waals surface area (Å²) in [7, 11) is 3.41. The van der Waals surface area contributed by atoms with E-state index in [0.717, 1.165) is 108 Å². The lowest BCUT2D eigenvalue weighted by atomic mass is 10.2. The van der Waals surface area contributed by atoms with Gasteiger partial charge in [-0.25, -0.2) is 9.97 Å². The quantitative estimate of drug-likeness (QED) is 0.0562. The van der Waals surface area contributed by atoms with Crippen LogP contribution in [0.3, 0.4) is 0 Å². The van der Waals surface area contributed by atoms with E-state index in [9.17, 15) is 9.59 Å². The first-order valence-corrected chi connectivity index (χ1v) is 19.9. The Bertz CT molecular complexity index is 2000. The minimum atomic E-state index is -0.748. The number of hydrogen-bond acceptors (Lipinski definition) is 10. The van der Waals surface area contributed by atoms with Gasteiger partial charge in [-0.1, -0.05) is 0 Å². The van der Waals surface area contributed by atoms with Crippen LogP contribution in [-0.2, 0) is 32.2 Å². The molecule has 0 unspecified atom stereocenters. The van der Waals surface area contributed by atoms with Crippen LogP contribution in [0.5, 0.6) is 11.5 Å². The first-order chi connectivity index (χ1) is 28.4. The monoisotopic (exact) mass is 794 g/mol. The zero-order valence-electron chi connectivity index (χ0n) is 33.4. The van der Waals surface area contributed by atoms with E-state index in [1.54, 1.807) is 32.8 Å². The molecule has 2 N–H and O–H groups in total. The van der Waals surface area contributed by atoms with Crippen LogP contribution < -0.4 is 9.47 Å². The molecule has 308 valence electrons. The Morgan fingerprint density at radius 3 is 1.55 bits per heavy atom. The number of nitrogens with zero attached hydrogens (tertiary/aromatic N) is 6. The number of aromatic nitrogens is 6. The zero-order chi connectivity index (χ0) is 41.0. The fourth-order valence-corrected chi connectivity index (χ4v) is 6.50. The predicted molar refractivity (Wildman–Crippen MR) is 222 cm³/mol. The maximum Gasteiger partial charge on any atom is 0.303 e. The summed E-state index contributed by atoms with van der Waals surface area (Å²) < 4.78 is 26.6. The van der Waals surface area contributed by atoms with E-state index in [-0.39, 0.29) is 12.8 Å². The number of aryl methyl sites for hydroxylation is 2. The van der Waals surface area contributed by atoms with Gasteiger partial charge < -0.3 is 38.3 Å². The third-order valence-corrected chi connectivity index (χ3v) is 9.37. The number of carboxylic acid groups (broad SMARTS) is 2. The van der Waals surface area contributed by atoms with Gasteiger partial charge in [0.05, 0.1) is 35.3 Å². The molecule has 0 aliphatic carbocycles. The van der Waals surface area contributed by atoms with E-state index in [2.05, 4.69) is 19.1 Å². The summed E-state index contributed by atoms with van der Waals surface area (Å²) in [6.07, 6.45) is 14.0. The highest BCUT2D eigenvalue weighted by molar-refractivity contribution is 5.83. The standard InChI is InChI=1S/2C22H27N3O4/c1-28-13-6-12-25-20-15-18(29-14-4-2-3-8-21(26)27)9-10-19(20)24-22(25)17-7-5-11-23-16-17;1-28-14-5-13-25-20-16-18(29-15-4-2-3-6-21(26)27)7-8-19(20)24-22(25)17-9-11-23-12-10-17/h5,7,9-11,15-16H,2-4,6,8,12-14H2,1H3,(H,26,27);7-12,16H,2-6,13-15H2,1H3,(H,26,27). The smallest absolute Gasteiger partial charge is 0.303 e. The van der Waals surface area contributed by atoms with Crippen LogP contribution in [0.1, 0.15) is 64.2 Å². The highest BCUT2D eigenvalue weighted by Gasteiger charge is 2.15. The summed E-state index contributed by atoms with van der Waals surface area (Å²) in [4.78, 5) is 39.1. The van der Waals surface area contributed by atoms with Crippen molar-refractivity contribution in [3.8, 4) is 34.3 Å². The zero-order valence-corrected chi connectivity index (χ0v) is 33.4. The number of ether oxygens (including phenoxy) is 4. The van der Waals surface area contributed by atoms with Crippen molar-refractivity contribution >= 4 is 34.0 Å². The van der Waals surface area contributed by atoms with Gasteiger partial charge in [0.25, 0.3) is 0 Å². The summed E-state index contributed by atoms with van der Waals surface area (Å²) in [6.45, 7) is 4.08. The van der Waals surface area contributed by atoms with Crippen molar-refractivity contribution in [2.24, 2.45) is 0 Å². The molecule has 14 heteroatoms. The number of pyridine rings is 2. The number of fused-ring (bicyclic) bond motifs is 2. The largest absolute Gasteiger partial charge is 0.494 e. The molecular weight excluding hydrogens is 741 g/mol. The van der Waals surface area contributed by atoms with Crippen LogP contribution in [0.4, 0.5) is 0 Å². The minimum Gasteiger partial charge on any atom is -0.494 e. The third kappa shape index (κ3) is 13.1. The van der Waals surface area contributed by atoms with Gasteiger partial charge in [0.2, 0.25) is 0 Å². The average Bonchev–Trinajstić information content (AvgIpc) is 3.79. The van der Waals surface area contributed by atoms with Crippen molar-refractivity contribution < 1.29 is 38.7 Å². The van der Waals surface area contributed by atoms with Gasteiger partial charge in [0.15, 0.2) is 0 Å². The van der Waals surface area contributed by atoms with Crippen molar-refractivity contribution in [1.29, 1.82) is 0 Å². The van der Waals surface area contributed by atoms with Gasteiger partial charge >= 0.3 is 11.9 Å². The molecule has 0 saturated carbocycles. The molecule has 0 amide bonds. The van der Waals surface area contributed by atoms with Crippen molar-refractivity contribution in [3.63, 3.8) is 0 Å². The number of hydrogen-bond donors (Lipinski definition) is 2. The number of imidazole rings is 2. The second-order valence-electron chi connectivity index (χ2n) is 13.8. The normalized spacial score (nSPS) is 11.1. The minimum absolute atomic E-state index is 0.212. The molecule has 58 heavy (non-hydrogen) atoms. The summed E-state index contributed by atoms with van der Waals surface area (Å²) in [6, 6.07) is 19.7. The number of carbonyl (C=O) groups is 2. The Morgan fingerprint density at radius 2 is 1.09 bits per heavy atom. The van der Waals surface area contributed by atoms with Gasteiger partial charge in [-0.3, -0.25) is 19.6 Å². The fourth-order valence-electron chi connectivity index (χ4n) is 6.50. The first kappa shape index (κ1) is 43.3. The van der Waals surface area contributed by atoms with Crippen LogP contribution in [0.25, 0.3) is 44.8 Å². The molecule has 0 fully saturated rings. The highest BCUT2D eigenvalue weighted by atomic mass is 16.5. The lowest BCUT2D eigenvalue weighted by molar-refractivity contribution is -0.138. The van der Waals surface area contributed by atoms with Crippen LogP contribution in [0.15, 0.2) is 85.5 Å². The molecule has 0 spiro atoms. The number of methoxy groups -OCH3 is 2. The van der Waals surface area contributed by atoms with E-state index >= 15 is 0 Å². The maximum atomic E-state index is 10.6.